The van der Waals surface area contributed by atoms with E-state index in [-0.39, 0.29) is 0 Å². The molecule has 0 aliphatic rings. The zero-order valence-electron chi connectivity index (χ0n) is 11.1. The van der Waals surface area contributed by atoms with E-state index in [4.69, 9.17) is 4.74 Å². The van der Waals surface area contributed by atoms with Gasteiger partial charge in [0.1, 0.15) is 19.7 Å². The number of rotatable bonds is 4. The van der Waals surface area contributed by atoms with Gasteiger partial charge in [0.25, 0.3) is 0 Å². The van der Waals surface area contributed by atoms with Gasteiger partial charge in [0.15, 0.2) is 0 Å². The molecule has 1 N–H and O–H groups in total. The summed E-state index contributed by atoms with van der Waals surface area (Å²) in [5.41, 5.74) is 1.07. The van der Waals surface area contributed by atoms with Gasteiger partial charge in [-0.15, -0.1) is 0 Å². The molecule has 0 radical (unpaired) electrons. The SMILES string of the molecule is C[Si](C)(C)Nc1ccccc1Oc1ccccc1. The van der Waals surface area contributed by atoms with Crippen molar-refractivity contribution in [3.05, 3.63) is 54.6 Å². The van der Waals surface area contributed by atoms with Gasteiger partial charge in [0.2, 0.25) is 0 Å². The molecule has 0 saturated carbocycles. The molecule has 0 heterocycles. The summed E-state index contributed by atoms with van der Waals surface area (Å²) in [5.74, 6) is 1.74. The van der Waals surface area contributed by atoms with E-state index in [0.29, 0.717) is 0 Å². The minimum Gasteiger partial charge on any atom is -0.455 e. The van der Waals surface area contributed by atoms with E-state index >= 15 is 0 Å². The molecule has 0 spiro atoms. The van der Waals surface area contributed by atoms with E-state index in [0.717, 1.165) is 17.2 Å². The van der Waals surface area contributed by atoms with E-state index in [1.807, 2.05) is 48.5 Å². The second kappa shape index (κ2) is 5.27. The monoisotopic (exact) mass is 257 g/mol. The van der Waals surface area contributed by atoms with Crippen LogP contribution in [0.25, 0.3) is 0 Å². The van der Waals surface area contributed by atoms with E-state index in [2.05, 4.69) is 30.7 Å². The number of hydrogen-bond donors (Lipinski definition) is 1. The first kappa shape index (κ1) is 12.7. The van der Waals surface area contributed by atoms with Crippen LogP contribution in [-0.4, -0.2) is 8.24 Å². The molecule has 0 aromatic heterocycles. The molecule has 0 saturated heterocycles. The van der Waals surface area contributed by atoms with Crippen molar-refractivity contribution in [2.45, 2.75) is 19.6 Å². The highest BCUT2D eigenvalue weighted by Gasteiger charge is 2.15. The fraction of sp³-hybridized carbons (Fsp3) is 0.200. The van der Waals surface area contributed by atoms with Crippen molar-refractivity contribution in [3.63, 3.8) is 0 Å². The molecule has 0 aliphatic heterocycles. The first-order valence-corrected chi connectivity index (χ1v) is 9.65. The van der Waals surface area contributed by atoms with E-state index in [1.165, 1.54) is 0 Å². The average molecular weight is 257 g/mol. The topological polar surface area (TPSA) is 21.3 Å². The van der Waals surface area contributed by atoms with Crippen LogP contribution in [0.1, 0.15) is 0 Å². The maximum atomic E-state index is 5.92. The van der Waals surface area contributed by atoms with Gasteiger partial charge in [-0.3, -0.25) is 0 Å². The molecule has 18 heavy (non-hydrogen) atoms. The highest BCUT2D eigenvalue weighted by atomic mass is 28.3. The molecule has 0 amide bonds. The van der Waals surface area contributed by atoms with Crippen LogP contribution in [0.5, 0.6) is 11.5 Å². The first-order valence-electron chi connectivity index (χ1n) is 6.15. The predicted molar refractivity (Wildman–Crippen MR) is 79.9 cm³/mol. The summed E-state index contributed by atoms with van der Waals surface area (Å²) in [6.45, 7) is 6.81. The van der Waals surface area contributed by atoms with Gasteiger partial charge in [0.05, 0.1) is 5.69 Å². The lowest BCUT2D eigenvalue weighted by Gasteiger charge is -2.21. The molecule has 2 aromatic rings. The van der Waals surface area contributed by atoms with E-state index < -0.39 is 8.24 Å². The third kappa shape index (κ3) is 3.63. The minimum absolute atomic E-state index is 0.863. The standard InChI is InChI=1S/C15H19NOSi/c1-18(2,3)16-14-11-7-8-12-15(14)17-13-9-5-4-6-10-13/h4-12,16H,1-3H3. The summed E-state index contributed by atoms with van der Waals surface area (Å²) in [4.78, 5) is 3.58. The van der Waals surface area contributed by atoms with Crippen molar-refractivity contribution in [2.24, 2.45) is 0 Å². The summed E-state index contributed by atoms with van der Waals surface area (Å²) >= 11 is 0. The summed E-state index contributed by atoms with van der Waals surface area (Å²) in [6, 6.07) is 17.9. The van der Waals surface area contributed by atoms with Crippen molar-refractivity contribution in [1.82, 2.24) is 0 Å². The van der Waals surface area contributed by atoms with Gasteiger partial charge in [-0.1, -0.05) is 50.0 Å². The van der Waals surface area contributed by atoms with Crippen LogP contribution in [0, 0.1) is 0 Å². The lowest BCUT2D eigenvalue weighted by atomic mass is 10.3. The fourth-order valence-corrected chi connectivity index (χ4v) is 2.69. The van der Waals surface area contributed by atoms with Crippen LogP contribution in [-0.2, 0) is 0 Å². The van der Waals surface area contributed by atoms with Crippen LogP contribution in [0.2, 0.25) is 19.6 Å². The summed E-state index contributed by atoms with van der Waals surface area (Å²) in [5, 5.41) is 0. The molecular formula is C15H19NOSi. The third-order valence-electron chi connectivity index (χ3n) is 2.37. The molecule has 2 aromatic carbocycles. The smallest absolute Gasteiger partial charge is 0.149 e. The molecule has 2 rings (SSSR count). The van der Waals surface area contributed by atoms with Crippen LogP contribution in [0.3, 0.4) is 0 Å². The number of anilines is 1. The van der Waals surface area contributed by atoms with Crippen LogP contribution < -0.4 is 9.72 Å². The van der Waals surface area contributed by atoms with Gasteiger partial charge in [0, 0.05) is 0 Å². The normalized spacial score (nSPS) is 11.1. The highest BCUT2D eigenvalue weighted by Crippen LogP contribution is 2.30. The van der Waals surface area contributed by atoms with Crippen molar-refractivity contribution < 1.29 is 4.74 Å². The van der Waals surface area contributed by atoms with Crippen molar-refractivity contribution >= 4 is 13.9 Å². The quantitative estimate of drug-likeness (QED) is 0.800. The Kier molecular flexibility index (Phi) is 3.72. The van der Waals surface area contributed by atoms with Crippen molar-refractivity contribution in [2.75, 3.05) is 4.98 Å². The molecule has 0 atom stereocenters. The maximum Gasteiger partial charge on any atom is 0.149 e. The Labute approximate surface area is 110 Å². The third-order valence-corrected chi connectivity index (χ3v) is 3.39. The average Bonchev–Trinajstić information content (AvgIpc) is 2.31. The largest absolute Gasteiger partial charge is 0.455 e. The van der Waals surface area contributed by atoms with Gasteiger partial charge in [-0.05, 0) is 24.3 Å². The predicted octanol–water partition coefficient (Wildman–Crippen LogP) is 4.73. The number of para-hydroxylation sites is 3. The Morgan fingerprint density at radius 1 is 0.833 bits per heavy atom. The summed E-state index contributed by atoms with van der Waals surface area (Å²) in [7, 11) is -1.38. The Hall–Kier alpha value is -1.74. The number of ether oxygens (including phenoxy) is 1. The van der Waals surface area contributed by atoms with Gasteiger partial charge in [-0.25, -0.2) is 0 Å². The second-order valence-corrected chi connectivity index (χ2v) is 10.0. The fourth-order valence-electron chi connectivity index (χ4n) is 1.68. The Morgan fingerprint density at radius 3 is 2.11 bits per heavy atom. The molecule has 0 aliphatic carbocycles. The number of benzene rings is 2. The lowest BCUT2D eigenvalue weighted by Crippen LogP contribution is -2.32. The zero-order chi connectivity index (χ0) is 13.0. The molecule has 0 bridgehead atoms. The number of hydrogen-bond acceptors (Lipinski definition) is 2. The lowest BCUT2D eigenvalue weighted by molar-refractivity contribution is 0.485. The molecule has 0 fully saturated rings. The maximum absolute atomic E-state index is 5.92. The Balaban J connectivity index is 2.23. The zero-order valence-corrected chi connectivity index (χ0v) is 12.1. The Bertz CT molecular complexity index is 505. The van der Waals surface area contributed by atoms with Gasteiger partial charge >= 0.3 is 0 Å². The van der Waals surface area contributed by atoms with Crippen LogP contribution in [0.15, 0.2) is 54.6 Å². The van der Waals surface area contributed by atoms with Crippen LogP contribution in [0.4, 0.5) is 5.69 Å². The molecular weight excluding hydrogens is 238 g/mol. The van der Waals surface area contributed by atoms with Gasteiger partial charge in [-0.2, -0.15) is 0 Å². The van der Waals surface area contributed by atoms with Crippen molar-refractivity contribution in [3.8, 4) is 11.5 Å². The van der Waals surface area contributed by atoms with Crippen LogP contribution >= 0.6 is 0 Å². The first-order chi connectivity index (χ1) is 8.54. The highest BCUT2D eigenvalue weighted by molar-refractivity contribution is 6.79. The minimum atomic E-state index is -1.38. The van der Waals surface area contributed by atoms with Crippen molar-refractivity contribution in [1.29, 1.82) is 0 Å². The Morgan fingerprint density at radius 2 is 1.44 bits per heavy atom. The van der Waals surface area contributed by atoms with E-state index in [9.17, 15) is 0 Å². The summed E-state index contributed by atoms with van der Waals surface area (Å²) < 4.78 is 5.92. The van der Waals surface area contributed by atoms with Gasteiger partial charge < -0.3 is 9.72 Å². The molecule has 3 heteroatoms. The summed E-state index contributed by atoms with van der Waals surface area (Å²) in [6.07, 6.45) is 0. The molecule has 94 valence electrons. The van der Waals surface area contributed by atoms with E-state index in [1.54, 1.807) is 0 Å². The number of nitrogens with one attached hydrogen (secondary N) is 1. The molecule has 0 unspecified atom stereocenters. The molecule has 2 nitrogen and oxygen atoms in total. The second-order valence-electron chi connectivity index (χ2n) is 5.29.